The molecule has 1 unspecified atom stereocenters. The third-order valence-electron chi connectivity index (χ3n) is 4.42. The van der Waals surface area contributed by atoms with Crippen molar-refractivity contribution in [1.29, 1.82) is 0 Å². The van der Waals surface area contributed by atoms with Crippen LogP contribution in [0.25, 0.3) is 5.65 Å². The lowest BCUT2D eigenvalue weighted by molar-refractivity contribution is -0.120. The van der Waals surface area contributed by atoms with Crippen molar-refractivity contribution in [3.8, 4) is 5.75 Å². The van der Waals surface area contributed by atoms with Gasteiger partial charge < -0.3 is 19.4 Å². The summed E-state index contributed by atoms with van der Waals surface area (Å²) in [5.41, 5.74) is 2.30. The van der Waals surface area contributed by atoms with Crippen LogP contribution in [0.1, 0.15) is 17.3 Å². The van der Waals surface area contributed by atoms with E-state index >= 15 is 0 Å². The molecule has 0 saturated carbocycles. The predicted octanol–water partition coefficient (Wildman–Crippen LogP) is 2.44. The van der Waals surface area contributed by atoms with E-state index in [0.29, 0.717) is 17.9 Å². The van der Waals surface area contributed by atoms with Crippen molar-refractivity contribution in [1.82, 2.24) is 19.6 Å². The Morgan fingerprint density at radius 2 is 1.96 bits per heavy atom. The minimum atomic E-state index is -0.343. The molecule has 1 aromatic carbocycles. The van der Waals surface area contributed by atoms with Gasteiger partial charge in [0.05, 0.1) is 25.3 Å². The Morgan fingerprint density at radius 1 is 1.22 bits per heavy atom. The molecule has 1 amide bonds. The van der Waals surface area contributed by atoms with Crippen LogP contribution in [0.4, 0.5) is 4.39 Å². The molecular formula is C20H23FN4O2. The van der Waals surface area contributed by atoms with Gasteiger partial charge in [0.25, 0.3) is 0 Å². The molecule has 0 aliphatic heterocycles. The second-order valence-electron chi connectivity index (χ2n) is 6.58. The van der Waals surface area contributed by atoms with Crippen LogP contribution in [-0.4, -0.2) is 47.9 Å². The third-order valence-corrected chi connectivity index (χ3v) is 4.42. The van der Waals surface area contributed by atoms with Crippen LogP contribution in [0.15, 0.2) is 48.8 Å². The van der Waals surface area contributed by atoms with Crippen molar-refractivity contribution in [2.24, 2.45) is 0 Å². The lowest BCUT2D eigenvalue weighted by atomic mass is 10.1. The Labute approximate surface area is 157 Å². The molecule has 0 aliphatic rings. The zero-order valence-corrected chi connectivity index (χ0v) is 15.6. The highest BCUT2D eigenvalue weighted by Gasteiger charge is 2.16. The molecule has 2 aromatic heterocycles. The maximum absolute atomic E-state index is 13.3. The van der Waals surface area contributed by atoms with Gasteiger partial charge in [-0.25, -0.2) is 9.37 Å². The topological polar surface area (TPSA) is 58.9 Å². The van der Waals surface area contributed by atoms with E-state index in [1.165, 1.54) is 12.3 Å². The summed E-state index contributed by atoms with van der Waals surface area (Å²) in [6.07, 6.45) is 3.16. The number of methoxy groups -OCH3 is 1. The van der Waals surface area contributed by atoms with Gasteiger partial charge in [0.15, 0.2) is 0 Å². The zero-order valence-electron chi connectivity index (χ0n) is 15.6. The molecule has 0 fully saturated rings. The van der Waals surface area contributed by atoms with Crippen LogP contribution >= 0.6 is 0 Å². The number of likely N-dealkylation sites (N-methyl/N-ethyl adjacent to an activating group) is 1. The molecule has 0 aliphatic carbocycles. The fourth-order valence-electron chi connectivity index (χ4n) is 2.96. The number of hydrogen-bond donors (Lipinski definition) is 1. The first-order chi connectivity index (χ1) is 13.0. The summed E-state index contributed by atoms with van der Waals surface area (Å²) in [4.78, 5) is 18.7. The van der Waals surface area contributed by atoms with Gasteiger partial charge in [0.2, 0.25) is 5.91 Å². The average Bonchev–Trinajstić information content (AvgIpc) is 3.03. The van der Waals surface area contributed by atoms with E-state index < -0.39 is 0 Å². The Balaban J connectivity index is 1.62. The number of hydrogen-bond acceptors (Lipinski definition) is 4. The molecule has 0 radical (unpaired) electrons. The molecule has 27 heavy (non-hydrogen) atoms. The van der Waals surface area contributed by atoms with Crippen LogP contribution in [0.3, 0.4) is 0 Å². The molecule has 1 N–H and O–H groups in total. The molecule has 2 heterocycles. The number of ether oxygens (including phenoxy) is 1. The summed E-state index contributed by atoms with van der Waals surface area (Å²) >= 11 is 0. The van der Waals surface area contributed by atoms with Crippen molar-refractivity contribution in [2.45, 2.75) is 12.5 Å². The Morgan fingerprint density at radius 3 is 2.63 bits per heavy atom. The number of nitrogens with one attached hydrogen (secondary N) is 1. The van der Waals surface area contributed by atoms with Gasteiger partial charge in [-0.1, -0.05) is 12.1 Å². The highest BCUT2D eigenvalue weighted by molar-refractivity contribution is 5.78. The summed E-state index contributed by atoms with van der Waals surface area (Å²) in [5, 5.41) is 2.96. The van der Waals surface area contributed by atoms with Crippen LogP contribution in [-0.2, 0) is 11.2 Å². The first-order valence-corrected chi connectivity index (χ1v) is 8.66. The van der Waals surface area contributed by atoms with Gasteiger partial charge in [-0.15, -0.1) is 0 Å². The highest BCUT2D eigenvalue weighted by atomic mass is 19.1. The maximum atomic E-state index is 13.3. The molecule has 7 heteroatoms. The molecule has 0 bridgehead atoms. The monoisotopic (exact) mass is 370 g/mol. The lowest BCUT2D eigenvalue weighted by Gasteiger charge is -2.25. The fraction of sp³-hybridized carbons (Fsp3) is 0.300. The van der Waals surface area contributed by atoms with Crippen LogP contribution in [0, 0.1) is 5.82 Å². The number of carbonyl (C=O) groups excluding carboxylic acids is 1. The van der Waals surface area contributed by atoms with Crippen molar-refractivity contribution in [3.05, 3.63) is 65.9 Å². The van der Waals surface area contributed by atoms with Gasteiger partial charge in [-0.2, -0.15) is 0 Å². The second kappa shape index (κ2) is 8.18. The molecule has 0 saturated heterocycles. The van der Waals surface area contributed by atoms with Gasteiger partial charge in [-0.3, -0.25) is 4.79 Å². The minimum Gasteiger partial charge on any atom is -0.497 e. The molecular weight excluding hydrogens is 347 g/mol. The van der Waals surface area contributed by atoms with Crippen molar-refractivity contribution >= 4 is 11.6 Å². The van der Waals surface area contributed by atoms with E-state index in [0.717, 1.165) is 11.3 Å². The Hall–Kier alpha value is -2.93. The smallest absolute Gasteiger partial charge is 0.226 e. The Bertz CT molecular complexity index is 921. The third kappa shape index (κ3) is 4.62. The lowest BCUT2D eigenvalue weighted by Crippen LogP contribution is -2.35. The van der Waals surface area contributed by atoms with Gasteiger partial charge in [-0.05, 0) is 43.9 Å². The zero-order chi connectivity index (χ0) is 19.4. The summed E-state index contributed by atoms with van der Waals surface area (Å²) in [6, 6.07) is 10.8. The van der Waals surface area contributed by atoms with Crippen molar-refractivity contribution in [3.63, 3.8) is 0 Å². The highest BCUT2D eigenvalue weighted by Crippen LogP contribution is 2.20. The molecule has 1 atom stereocenters. The number of amides is 1. The van der Waals surface area contributed by atoms with Crippen molar-refractivity contribution in [2.75, 3.05) is 27.7 Å². The number of carbonyl (C=O) groups is 1. The number of rotatable bonds is 7. The summed E-state index contributed by atoms with van der Waals surface area (Å²) in [6.45, 7) is 0.472. The van der Waals surface area contributed by atoms with Crippen LogP contribution in [0.2, 0.25) is 0 Å². The van der Waals surface area contributed by atoms with Gasteiger partial charge in [0.1, 0.15) is 17.2 Å². The number of imidazole rings is 1. The van der Waals surface area contributed by atoms with E-state index in [4.69, 9.17) is 4.74 Å². The maximum Gasteiger partial charge on any atom is 0.226 e. The number of nitrogens with zero attached hydrogens (tertiary/aromatic N) is 3. The molecule has 3 aromatic rings. The number of halogens is 1. The van der Waals surface area contributed by atoms with Crippen molar-refractivity contribution < 1.29 is 13.9 Å². The van der Waals surface area contributed by atoms with Crippen LogP contribution < -0.4 is 10.1 Å². The normalized spacial score (nSPS) is 12.3. The second-order valence-corrected chi connectivity index (χ2v) is 6.58. The number of benzene rings is 1. The van der Waals surface area contributed by atoms with Gasteiger partial charge in [0, 0.05) is 18.9 Å². The molecule has 6 nitrogen and oxygen atoms in total. The van der Waals surface area contributed by atoms with E-state index in [1.807, 2.05) is 38.4 Å². The van der Waals surface area contributed by atoms with Gasteiger partial charge >= 0.3 is 0 Å². The molecule has 0 spiro atoms. The first-order valence-electron chi connectivity index (χ1n) is 8.66. The minimum absolute atomic E-state index is 0.0371. The van der Waals surface area contributed by atoms with Crippen LogP contribution in [0.5, 0.6) is 5.75 Å². The molecule has 3 rings (SSSR count). The predicted molar refractivity (Wildman–Crippen MR) is 101 cm³/mol. The summed E-state index contributed by atoms with van der Waals surface area (Å²) in [5.74, 6) is 0.326. The van der Waals surface area contributed by atoms with E-state index in [-0.39, 0.29) is 24.2 Å². The quantitative estimate of drug-likeness (QED) is 0.694. The average molecular weight is 370 g/mol. The largest absolute Gasteiger partial charge is 0.497 e. The summed E-state index contributed by atoms with van der Waals surface area (Å²) < 4.78 is 20.0. The number of pyridine rings is 1. The first kappa shape index (κ1) is 18.8. The summed E-state index contributed by atoms with van der Waals surface area (Å²) in [7, 11) is 5.57. The Kier molecular flexibility index (Phi) is 5.71. The number of fused-ring (bicyclic) bond motifs is 1. The standard InChI is InChI=1S/C20H23FN4O2/c1-24(2)18(14-4-7-17(27-3)8-5-14)11-22-20(26)10-16-13-25-12-15(21)6-9-19(25)23-16/h4-9,12-13,18H,10-11H2,1-3H3,(H,22,26). The van der Waals surface area contributed by atoms with E-state index in [1.54, 1.807) is 23.8 Å². The number of aromatic nitrogens is 2. The molecule has 142 valence electrons. The SMILES string of the molecule is COc1ccc(C(CNC(=O)Cc2cn3cc(F)ccc3n2)N(C)C)cc1. The fourth-order valence-corrected chi connectivity index (χ4v) is 2.96. The van der Waals surface area contributed by atoms with E-state index in [9.17, 15) is 9.18 Å². The van der Waals surface area contributed by atoms with E-state index in [2.05, 4.69) is 15.2 Å².